The van der Waals surface area contributed by atoms with Gasteiger partial charge in [0.1, 0.15) is 11.6 Å². The fraction of sp³-hybridized carbons (Fsp3) is 0.600. The summed E-state index contributed by atoms with van der Waals surface area (Å²) in [4.78, 5) is 8.34. The van der Waals surface area contributed by atoms with Crippen LogP contribution in [0.25, 0.3) is 0 Å². The van der Waals surface area contributed by atoms with Crippen molar-refractivity contribution in [1.82, 2.24) is 9.97 Å². The van der Waals surface area contributed by atoms with Gasteiger partial charge in [0.25, 0.3) is 0 Å². The van der Waals surface area contributed by atoms with Crippen molar-refractivity contribution in [1.29, 1.82) is 0 Å². The Morgan fingerprint density at radius 2 is 2.18 bits per heavy atom. The summed E-state index contributed by atoms with van der Waals surface area (Å²) in [6, 6.07) is -0.0498. The lowest BCUT2D eigenvalue weighted by molar-refractivity contribution is 0.602. The molecule has 0 radical (unpaired) electrons. The molecule has 2 N–H and O–H groups in total. The molecule has 1 aromatic heterocycles. The van der Waals surface area contributed by atoms with Gasteiger partial charge in [-0.15, -0.1) is 0 Å². The van der Waals surface area contributed by atoms with Gasteiger partial charge in [0.15, 0.2) is 9.84 Å². The summed E-state index contributed by atoms with van der Waals surface area (Å²) in [5, 5.41) is 6.16. The molecule has 1 aromatic rings. The van der Waals surface area contributed by atoms with Gasteiger partial charge in [-0.1, -0.05) is 0 Å². The summed E-state index contributed by atoms with van der Waals surface area (Å²) in [5.41, 5.74) is 0. The first-order valence-electron chi connectivity index (χ1n) is 5.62. The van der Waals surface area contributed by atoms with Gasteiger partial charge in [0.2, 0.25) is 0 Å². The molecule has 94 valence electrons. The van der Waals surface area contributed by atoms with Crippen molar-refractivity contribution in [3.05, 3.63) is 12.4 Å². The normalized spacial score (nSPS) is 22.3. The molecule has 0 spiro atoms. The zero-order chi connectivity index (χ0) is 12.3. The minimum Gasteiger partial charge on any atom is -0.369 e. The summed E-state index contributed by atoms with van der Waals surface area (Å²) in [6.45, 7) is 2.75. The second-order valence-electron chi connectivity index (χ2n) is 4.06. The summed E-state index contributed by atoms with van der Waals surface area (Å²) >= 11 is 0. The Bertz CT molecular complexity index is 489. The average Bonchev–Trinajstić information content (AvgIpc) is 2.59. The Morgan fingerprint density at radius 3 is 2.82 bits per heavy atom. The predicted molar refractivity (Wildman–Crippen MR) is 66.9 cm³/mol. The smallest absolute Gasteiger partial charge is 0.152 e. The summed E-state index contributed by atoms with van der Waals surface area (Å²) in [5.74, 6) is 1.74. The molecule has 0 aromatic carbocycles. The zero-order valence-corrected chi connectivity index (χ0v) is 10.5. The Balaban J connectivity index is 2.01. The van der Waals surface area contributed by atoms with E-state index in [2.05, 4.69) is 20.6 Å². The van der Waals surface area contributed by atoms with Gasteiger partial charge in [-0.25, -0.2) is 13.4 Å². The molecule has 2 rings (SSSR count). The van der Waals surface area contributed by atoms with Crippen molar-refractivity contribution in [3.8, 4) is 0 Å². The van der Waals surface area contributed by atoms with Crippen LogP contribution in [-0.2, 0) is 9.84 Å². The van der Waals surface area contributed by atoms with Gasteiger partial charge in [-0.3, -0.25) is 4.98 Å². The molecule has 1 fully saturated rings. The fourth-order valence-electron chi connectivity index (χ4n) is 1.82. The number of nitrogens with zero attached hydrogens (tertiary/aromatic N) is 2. The topological polar surface area (TPSA) is 84.0 Å². The lowest BCUT2D eigenvalue weighted by Gasteiger charge is -2.11. The highest BCUT2D eigenvalue weighted by Crippen LogP contribution is 2.16. The first-order chi connectivity index (χ1) is 8.09. The van der Waals surface area contributed by atoms with Gasteiger partial charge in [-0.05, 0) is 13.3 Å². The van der Waals surface area contributed by atoms with E-state index in [1.807, 2.05) is 6.92 Å². The number of sulfone groups is 1. The Kier molecular flexibility index (Phi) is 3.46. The molecule has 1 aliphatic rings. The second kappa shape index (κ2) is 4.87. The third-order valence-corrected chi connectivity index (χ3v) is 4.34. The van der Waals surface area contributed by atoms with E-state index in [-0.39, 0.29) is 17.5 Å². The number of hydrogen-bond acceptors (Lipinski definition) is 6. The summed E-state index contributed by atoms with van der Waals surface area (Å²) in [7, 11) is -2.86. The van der Waals surface area contributed by atoms with Gasteiger partial charge < -0.3 is 10.6 Å². The van der Waals surface area contributed by atoms with Crippen molar-refractivity contribution in [2.24, 2.45) is 0 Å². The molecule has 1 aliphatic heterocycles. The van der Waals surface area contributed by atoms with Crippen LogP contribution in [-0.4, -0.2) is 42.5 Å². The average molecular weight is 256 g/mol. The highest BCUT2D eigenvalue weighted by Gasteiger charge is 2.27. The zero-order valence-electron chi connectivity index (χ0n) is 9.68. The first-order valence-corrected chi connectivity index (χ1v) is 7.44. The molecule has 0 bridgehead atoms. The molecule has 0 aliphatic carbocycles. The van der Waals surface area contributed by atoms with Crippen molar-refractivity contribution in [3.63, 3.8) is 0 Å². The molecule has 1 atom stereocenters. The molecule has 17 heavy (non-hydrogen) atoms. The van der Waals surface area contributed by atoms with E-state index in [0.29, 0.717) is 18.1 Å². The Labute approximate surface area is 101 Å². The van der Waals surface area contributed by atoms with Crippen molar-refractivity contribution >= 4 is 21.5 Å². The lowest BCUT2D eigenvalue weighted by Crippen LogP contribution is -2.21. The summed E-state index contributed by atoms with van der Waals surface area (Å²) < 4.78 is 22.6. The highest BCUT2D eigenvalue weighted by molar-refractivity contribution is 7.91. The molecule has 0 saturated carbocycles. The molecule has 6 nitrogen and oxygen atoms in total. The number of rotatable bonds is 4. The number of anilines is 2. The van der Waals surface area contributed by atoms with Crippen LogP contribution in [0.15, 0.2) is 12.4 Å². The van der Waals surface area contributed by atoms with Gasteiger partial charge in [0.05, 0.1) is 23.9 Å². The molecular weight excluding hydrogens is 240 g/mol. The van der Waals surface area contributed by atoms with Crippen molar-refractivity contribution in [2.45, 2.75) is 19.4 Å². The number of nitrogens with one attached hydrogen (secondary N) is 2. The van der Waals surface area contributed by atoms with E-state index in [0.717, 1.165) is 6.54 Å². The maximum atomic E-state index is 11.3. The number of aromatic nitrogens is 2. The second-order valence-corrected chi connectivity index (χ2v) is 6.29. The largest absolute Gasteiger partial charge is 0.369 e. The van der Waals surface area contributed by atoms with Crippen molar-refractivity contribution < 1.29 is 8.42 Å². The van der Waals surface area contributed by atoms with Gasteiger partial charge >= 0.3 is 0 Å². The molecule has 1 saturated heterocycles. The van der Waals surface area contributed by atoms with E-state index >= 15 is 0 Å². The minimum atomic E-state index is -2.86. The Hall–Kier alpha value is -1.37. The van der Waals surface area contributed by atoms with Crippen LogP contribution in [0, 0.1) is 0 Å². The summed E-state index contributed by atoms with van der Waals surface area (Å²) in [6.07, 6.45) is 3.88. The standard InChI is InChI=1S/C10H16N4O2S/c1-2-12-9-5-11-6-10(14-9)13-8-3-4-17(15,16)7-8/h5-6,8H,2-4,7H2,1H3,(H2,12,13,14). The van der Waals surface area contributed by atoms with Crippen LogP contribution in [0.2, 0.25) is 0 Å². The van der Waals surface area contributed by atoms with Crippen LogP contribution in [0.3, 0.4) is 0 Å². The van der Waals surface area contributed by atoms with E-state index in [1.54, 1.807) is 12.4 Å². The molecular formula is C10H16N4O2S. The van der Waals surface area contributed by atoms with Crippen LogP contribution in [0.4, 0.5) is 11.6 Å². The number of hydrogen-bond donors (Lipinski definition) is 2. The molecule has 7 heteroatoms. The van der Waals surface area contributed by atoms with Crippen LogP contribution in [0.1, 0.15) is 13.3 Å². The van der Waals surface area contributed by atoms with Gasteiger partial charge in [0, 0.05) is 12.6 Å². The predicted octanol–water partition coefficient (Wildman–Crippen LogP) is 0.507. The van der Waals surface area contributed by atoms with Crippen LogP contribution < -0.4 is 10.6 Å². The van der Waals surface area contributed by atoms with E-state index in [9.17, 15) is 8.42 Å². The quantitative estimate of drug-likeness (QED) is 0.816. The highest BCUT2D eigenvalue weighted by atomic mass is 32.2. The SMILES string of the molecule is CCNc1cncc(NC2CCS(=O)(=O)C2)n1. The van der Waals surface area contributed by atoms with Crippen LogP contribution in [0.5, 0.6) is 0 Å². The lowest BCUT2D eigenvalue weighted by atomic mass is 10.3. The van der Waals surface area contributed by atoms with E-state index in [4.69, 9.17) is 0 Å². The van der Waals surface area contributed by atoms with Crippen LogP contribution >= 0.6 is 0 Å². The van der Waals surface area contributed by atoms with E-state index < -0.39 is 9.84 Å². The minimum absolute atomic E-state index is 0.0498. The Morgan fingerprint density at radius 1 is 1.41 bits per heavy atom. The monoisotopic (exact) mass is 256 g/mol. The van der Waals surface area contributed by atoms with Crippen molar-refractivity contribution in [2.75, 3.05) is 28.7 Å². The maximum absolute atomic E-state index is 11.3. The molecule has 1 unspecified atom stereocenters. The molecule has 2 heterocycles. The van der Waals surface area contributed by atoms with E-state index in [1.165, 1.54) is 0 Å². The van der Waals surface area contributed by atoms with Gasteiger partial charge in [-0.2, -0.15) is 0 Å². The third kappa shape index (κ3) is 3.29. The third-order valence-electron chi connectivity index (χ3n) is 2.58. The molecule has 0 amide bonds. The maximum Gasteiger partial charge on any atom is 0.152 e. The first kappa shape index (κ1) is 12.1. The fourth-order valence-corrected chi connectivity index (χ4v) is 3.49.